The average Bonchev–Trinajstić information content (AvgIpc) is 3.46. The van der Waals surface area contributed by atoms with Crippen molar-refractivity contribution in [3.05, 3.63) is 76.5 Å². The Balaban J connectivity index is 1.62. The third kappa shape index (κ3) is 4.88. The summed E-state index contributed by atoms with van der Waals surface area (Å²) in [4.78, 5) is 44.3. The van der Waals surface area contributed by atoms with E-state index in [1.165, 1.54) is 34.1 Å². The number of urea groups is 1. The number of allylic oxidation sites excluding steroid dienone is 1. The molecule has 0 spiro atoms. The summed E-state index contributed by atoms with van der Waals surface area (Å²) in [7, 11) is 0. The number of carbonyl (C=O) groups excluding carboxylic acids is 3. The predicted octanol–water partition coefficient (Wildman–Crippen LogP) is 4.16. The van der Waals surface area contributed by atoms with E-state index in [-0.39, 0.29) is 43.0 Å². The molecule has 0 aromatic heterocycles. The molecule has 5 rings (SSSR count). The Hall–Kier alpha value is -4.17. The van der Waals surface area contributed by atoms with Gasteiger partial charge in [-0.1, -0.05) is 18.2 Å². The molecular formula is C28H25F3N4O4. The first kappa shape index (κ1) is 26.4. The fourth-order valence-electron chi connectivity index (χ4n) is 5.45. The Morgan fingerprint density at radius 1 is 1.15 bits per heavy atom. The molecule has 0 bridgehead atoms. The van der Waals surface area contributed by atoms with Crippen LogP contribution < -0.4 is 4.90 Å². The van der Waals surface area contributed by atoms with E-state index < -0.39 is 41.9 Å². The van der Waals surface area contributed by atoms with Crippen molar-refractivity contribution in [2.75, 3.05) is 24.5 Å². The first-order valence-electron chi connectivity index (χ1n) is 12.4. The van der Waals surface area contributed by atoms with Crippen molar-refractivity contribution < 1.29 is 32.7 Å². The second-order valence-corrected chi connectivity index (χ2v) is 10.3. The minimum Gasteiger partial charge on any atom is -0.388 e. The second-order valence-electron chi connectivity index (χ2n) is 10.3. The Kier molecular flexibility index (Phi) is 6.47. The highest BCUT2D eigenvalue weighted by Gasteiger charge is 2.47. The first-order chi connectivity index (χ1) is 18.4. The van der Waals surface area contributed by atoms with Crippen LogP contribution in [-0.2, 0) is 15.8 Å². The number of nitriles is 1. The molecule has 202 valence electrons. The summed E-state index contributed by atoms with van der Waals surface area (Å²) in [6.07, 6.45) is -4.07. The summed E-state index contributed by atoms with van der Waals surface area (Å²) < 4.78 is 40.6. The molecule has 11 heteroatoms. The maximum absolute atomic E-state index is 14.1. The number of alkyl halides is 3. The Morgan fingerprint density at radius 2 is 1.87 bits per heavy atom. The lowest BCUT2D eigenvalue weighted by atomic mass is 9.92. The molecule has 1 aliphatic carbocycles. The van der Waals surface area contributed by atoms with Crippen LogP contribution in [0.4, 0.5) is 23.7 Å². The zero-order chi connectivity index (χ0) is 28.1. The van der Waals surface area contributed by atoms with Crippen molar-refractivity contribution in [3.8, 4) is 6.07 Å². The van der Waals surface area contributed by atoms with E-state index >= 15 is 0 Å². The summed E-state index contributed by atoms with van der Waals surface area (Å²) in [5, 5.41) is 19.6. The van der Waals surface area contributed by atoms with E-state index in [2.05, 4.69) is 0 Å². The van der Waals surface area contributed by atoms with Crippen molar-refractivity contribution in [3.63, 3.8) is 0 Å². The summed E-state index contributed by atoms with van der Waals surface area (Å²) >= 11 is 0. The lowest BCUT2D eigenvalue weighted by molar-refractivity contribution is -0.137. The van der Waals surface area contributed by atoms with Gasteiger partial charge < -0.3 is 14.9 Å². The number of carbonyl (C=O) groups is 3. The summed E-state index contributed by atoms with van der Waals surface area (Å²) in [5.74, 6) is -0.733. The van der Waals surface area contributed by atoms with Crippen molar-refractivity contribution in [1.82, 2.24) is 9.80 Å². The minimum absolute atomic E-state index is 0.0585. The van der Waals surface area contributed by atoms with Gasteiger partial charge in [0.2, 0.25) is 5.91 Å². The van der Waals surface area contributed by atoms with Crippen LogP contribution in [0.25, 0.3) is 0 Å². The van der Waals surface area contributed by atoms with E-state index in [0.717, 1.165) is 17.0 Å². The molecule has 3 aliphatic rings. The van der Waals surface area contributed by atoms with Crippen LogP contribution >= 0.6 is 0 Å². The van der Waals surface area contributed by atoms with E-state index in [1.54, 1.807) is 19.1 Å². The molecule has 1 N–H and O–H groups in total. The minimum atomic E-state index is -4.65. The third-order valence-electron chi connectivity index (χ3n) is 7.39. The van der Waals surface area contributed by atoms with Crippen molar-refractivity contribution in [2.24, 2.45) is 0 Å². The van der Waals surface area contributed by atoms with E-state index in [9.17, 15) is 37.9 Å². The number of benzene rings is 2. The highest BCUT2D eigenvalue weighted by Crippen LogP contribution is 2.45. The molecule has 0 saturated carbocycles. The topological polar surface area (TPSA) is 105 Å². The lowest BCUT2D eigenvalue weighted by Gasteiger charge is -2.42. The van der Waals surface area contributed by atoms with Crippen LogP contribution in [-0.4, -0.2) is 57.9 Å². The van der Waals surface area contributed by atoms with Crippen LogP contribution in [0.1, 0.15) is 48.9 Å². The van der Waals surface area contributed by atoms with Crippen LogP contribution in [0, 0.1) is 11.3 Å². The Bertz CT molecular complexity index is 1430. The largest absolute Gasteiger partial charge is 0.416 e. The number of β-amino-alcohol motifs (C(OH)–C–C–N with tert-alkyl or cyclic N) is 1. The Labute approximate surface area is 222 Å². The fraction of sp³-hybridized carbons (Fsp3) is 0.357. The molecule has 2 aromatic carbocycles. The quantitative estimate of drug-likeness (QED) is 0.630. The number of likely N-dealkylation sites (tertiary alicyclic amines) is 1. The summed E-state index contributed by atoms with van der Waals surface area (Å²) in [6, 6.07) is 10.9. The monoisotopic (exact) mass is 538 g/mol. The molecular weight excluding hydrogens is 513 g/mol. The lowest BCUT2D eigenvalue weighted by Crippen LogP contribution is -2.53. The number of Topliss-reactive ketones (excluding diaryl/α,β-unsaturated/α-hetero) is 1. The Morgan fingerprint density at radius 3 is 2.49 bits per heavy atom. The molecule has 1 fully saturated rings. The first-order valence-corrected chi connectivity index (χ1v) is 12.4. The number of nitrogens with zero attached hydrogens (tertiary/aromatic N) is 4. The van der Waals surface area contributed by atoms with Gasteiger partial charge in [-0.3, -0.25) is 14.5 Å². The van der Waals surface area contributed by atoms with Gasteiger partial charge >= 0.3 is 12.2 Å². The van der Waals surface area contributed by atoms with Gasteiger partial charge in [-0.15, -0.1) is 0 Å². The number of anilines is 1. The number of hydrogen-bond donors (Lipinski definition) is 1. The number of amides is 3. The van der Waals surface area contributed by atoms with E-state index in [4.69, 9.17) is 0 Å². The maximum atomic E-state index is 14.1. The average molecular weight is 539 g/mol. The van der Waals surface area contributed by atoms with Gasteiger partial charge in [-0.25, -0.2) is 4.79 Å². The molecule has 8 nitrogen and oxygen atoms in total. The SMILES string of the molecule is CC1(O)CCN(C(=O)CN2C(=O)N(c3cccc(C(F)(F)F)c3)C3=C(C(=O)CC3)C2c2ccc(C#N)cc2)C1. The van der Waals surface area contributed by atoms with Gasteiger partial charge in [-0.05, 0) is 55.7 Å². The number of aliphatic hydroxyl groups is 1. The molecule has 2 atom stereocenters. The molecule has 2 heterocycles. The van der Waals surface area contributed by atoms with Crippen LogP contribution in [0.15, 0.2) is 59.8 Å². The fourth-order valence-corrected chi connectivity index (χ4v) is 5.45. The van der Waals surface area contributed by atoms with Crippen LogP contribution in [0.3, 0.4) is 0 Å². The van der Waals surface area contributed by atoms with Gasteiger partial charge in [0.15, 0.2) is 5.78 Å². The van der Waals surface area contributed by atoms with Gasteiger partial charge in [0.05, 0.1) is 34.5 Å². The molecule has 2 unspecified atom stereocenters. The molecule has 2 aromatic rings. The molecule has 0 radical (unpaired) electrons. The molecule has 39 heavy (non-hydrogen) atoms. The van der Waals surface area contributed by atoms with Crippen LogP contribution in [0.5, 0.6) is 0 Å². The normalized spacial score (nSPS) is 23.4. The van der Waals surface area contributed by atoms with Crippen LogP contribution in [0.2, 0.25) is 0 Å². The highest BCUT2D eigenvalue weighted by molar-refractivity contribution is 6.08. The van der Waals surface area contributed by atoms with Gasteiger partial charge in [0.25, 0.3) is 0 Å². The van der Waals surface area contributed by atoms with Gasteiger partial charge in [-0.2, -0.15) is 18.4 Å². The summed E-state index contributed by atoms with van der Waals surface area (Å²) in [6.45, 7) is 1.49. The van der Waals surface area contributed by atoms with Crippen molar-refractivity contribution >= 4 is 23.4 Å². The van der Waals surface area contributed by atoms with Gasteiger partial charge in [0, 0.05) is 30.8 Å². The number of halogens is 3. The summed E-state index contributed by atoms with van der Waals surface area (Å²) in [5.41, 5.74) is -0.693. The van der Waals surface area contributed by atoms with Gasteiger partial charge in [0.1, 0.15) is 6.54 Å². The van der Waals surface area contributed by atoms with Crippen molar-refractivity contribution in [1.29, 1.82) is 5.26 Å². The molecule has 3 amide bonds. The smallest absolute Gasteiger partial charge is 0.388 e. The highest BCUT2D eigenvalue weighted by atomic mass is 19.4. The number of ketones is 1. The third-order valence-corrected chi connectivity index (χ3v) is 7.39. The second kappa shape index (κ2) is 9.54. The molecule has 2 aliphatic heterocycles. The predicted molar refractivity (Wildman–Crippen MR) is 133 cm³/mol. The zero-order valence-electron chi connectivity index (χ0n) is 21.0. The van der Waals surface area contributed by atoms with E-state index in [1.807, 2.05) is 6.07 Å². The van der Waals surface area contributed by atoms with E-state index in [0.29, 0.717) is 23.2 Å². The standard InChI is InChI=1S/C28H25F3N4O4/c1-27(39)11-12-33(16-27)23(37)15-34-25(18-7-5-17(14-32)6-8-18)24-21(9-10-22(24)36)35(26(34)38)20-4-2-3-19(13-20)28(29,30)31/h2-8,13,25,39H,9-12,15-16H2,1H3. The van der Waals surface area contributed by atoms with Crippen molar-refractivity contribution in [2.45, 2.75) is 44.0 Å². The number of hydrogen-bond acceptors (Lipinski definition) is 5. The number of rotatable bonds is 4. The molecule has 1 saturated heterocycles. The maximum Gasteiger partial charge on any atom is 0.416 e. The zero-order valence-corrected chi connectivity index (χ0v) is 21.0.